The third-order valence-corrected chi connectivity index (χ3v) is 3.93. The Labute approximate surface area is 137 Å². The molecule has 5 nitrogen and oxygen atoms in total. The van der Waals surface area contributed by atoms with Crippen LogP contribution in [-0.2, 0) is 9.53 Å². The normalized spacial score (nSPS) is 13.8. The summed E-state index contributed by atoms with van der Waals surface area (Å²) >= 11 is 0. The molecule has 23 heavy (non-hydrogen) atoms. The largest absolute Gasteiger partial charge is 0.494 e. The van der Waals surface area contributed by atoms with Gasteiger partial charge in [-0.05, 0) is 43.5 Å². The van der Waals surface area contributed by atoms with Crippen molar-refractivity contribution in [3.63, 3.8) is 0 Å². The van der Waals surface area contributed by atoms with Gasteiger partial charge in [-0.3, -0.25) is 9.78 Å². The molecule has 1 aromatic carbocycles. The van der Waals surface area contributed by atoms with E-state index in [0.717, 1.165) is 10.9 Å². The predicted molar refractivity (Wildman–Crippen MR) is 91.8 cm³/mol. The number of anilines is 1. The Morgan fingerprint density at radius 1 is 1.30 bits per heavy atom. The summed E-state index contributed by atoms with van der Waals surface area (Å²) in [7, 11) is 3.17. The fraction of sp³-hybridized carbons (Fsp3) is 0.444. The smallest absolute Gasteiger partial charge is 0.256 e. The van der Waals surface area contributed by atoms with Crippen molar-refractivity contribution in [2.45, 2.75) is 32.8 Å². The molecule has 0 saturated heterocycles. The van der Waals surface area contributed by atoms with Gasteiger partial charge in [-0.15, -0.1) is 0 Å². The van der Waals surface area contributed by atoms with Gasteiger partial charge in [-0.1, -0.05) is 13.8 Å². The van der Waals surface area contributed by atoms with Gasteiger partial charge in [0.15, 0.2) is 0 Å². The van der Waals surface area contributed by atoms with E-state index >= 15 is 0 Å². The van der Waals surface area contributed by atoms with Gasteiger partial charge in [0, 0.05) is 18.7 Å². The molecule has 0 aliphatic rings. The summed E-state index contributed by atoms with van der Waals surface area (Å²) in [6.07, 6.45) is 2.34. The highest BCUT2D eigenvalue weighted by Gasteiger charge is 2.34. The zero-order chi connectivity index (χ0) is 17.0. The van der Waals surface area contributed by atoms with E-state index in [1.54, 1.807) is 26.5 Å². The summed E-state index contributed by atoms with van der Waals surface area (Å²) in [6, 6.07) is 7.37. The Kier molecular flexibility index (Phi) is 5.21. The lowest BCUT2D eigenvalue weighted by molar-refractivity contribution is -0.137. The first-order chi connectivity index (χ1) is 10.9. The molecule has 5 heteroatoms. The molecule has 1 atom stereocenters. The lowest BCUT2D eigenvalue weighted by Crippen LogP contribution is -2.43. The molecule has 2 aromatic rings. The highest BCUT2D eigenvalue weighted by atomic mass is 16.5. The summed E-state index contributed by atoms with van der Waals surface area (Å²) in [5.41, 5.74) is 0.546. The second-order valence-electron chi connectivity index (χ2n) is 6.20. The molecule has 1 aromatic heterocycles. The quantitative estimate of drug-likeness (QED) is 0.884. The van der Waals surface area contributed by atoms with Crippen molar-refractivity contribution in [1.82, 2.24) is 4.98 Å². The number of ether oxygens (including phenoxy) is 2. The highest BCUT2D eigenvalue weighted by molar-refractivity contribution is 6.05. The number of carbonyl (C=O) groups is 1. The van der Waals surface area contributed by atoms with Crippen molar-refractivity contribution in [3.05, 3.63) is 30.5 Å². The molecule has 0 radical (unpaired) electrons. The molecule has 1 N–H and O–H groups in total. The van der Waals surface area contributed by atoms with Gasteiger partial charge < -0.3 is 14.8 Å². The maximum atomic E-state index is 12.7. The standard InChI is InChI=1S/C18H24N2O3/c1-12(2)11-18(3,23-5)17(21)20-14-8-9-15(22-4)16-13(14)7-6-10-19-16/h6-10,12H,11H2,1-5H3,(H,20,21)/t18-/m1/s1. The van der Waals surface area contributed by atoms with Crippen molar-refractivity contribution in [2.75, 3.05) is 19.5 Å². The number of hydrogen-bond acceptors (Lipinski definition) is 4. The number of rotatable bonds is 6. The number of nitrogens with zero attached hydrogens (tertiary/aromatic N) is 1. The van der Waals surface area contributed by atoms with Crippen LogP contribution < -0.4 is 10.1 Å². The summed E-state index contributed by atoms with van der Waals surface area (Å²) in [5.74, 6) is 0.860. The minimum atomic E-state index is -0.872. The Hall–Kier alpha value is -2.14. The molecule has 0 fully saturated rings. The van der Waals surface area contributed by atoms with Crippen molar-refractivity contribution in [2.24, 2.45) is 5.92 Å². The fourth-order valence-corrected chi connectivity index (χ4v) is 2.72. The number of benzene rings is 1. The number of hydrogen-bond donors (Lipinski definition) is 1. The molecule has 0 saturated carbocycles. The lowest BCUT2D eigenvalue weighted by Gasteiger charge is -2.28. The average molecular weight is 316 g/mol. The van der Waals surface area contributed by atoms with Crippen molar-refractivity contribution in [3.8, 4) is 5.75 Å². The zero-order valence-electron chi connectivity index (χ0n) is 14.3. The summed E-state index contributed by atoms with van der Waals surface area (Å²) in [4.78, 5) is 17.1. The Morgan fingerprint density at radius 2 is 2.04 bits per heavy atom. The SMILES string of the molecule is COc1ccc(NC(=O)[C@@](C)(CC(C)C)OC)c2cccnc12. The molecule has 0 aliphatic carbocycles. The summed E-state index contributed by atoms with van der Waals surface area (Å²) in [6.45, 7) is 5.95. The number of methoxy groups -OCH3 is 2. The molecular formula is C18H24N2O3. The first-order valence-corrected chi connectivity index (χ1v) is 7.69. The number of amides is 1. The van der Waals surface area contributed by atoms with Crippen LogP contribution in [-0.4, -0.2) is 30.7 Å². The number of fused-ring (bicyclic) bond motifs is 1. The van der Waals surface area contributed by atoms with Crippen molar-refractivity contribution >= 4 is 22.5 Å². The molecular weight excluding hydrogens is 292 g/mol. The third-order valence-electron chi connectivity index (χ3n) is 3.93. The number of carbonyl (C=O) groups excluding carboxylic acids is 1. The van der Waals surface area contributed by atoms with Crippen LogP contribution in [0.3, 0.4) is 0 Å². The Bertz CT molecular complexity index is 700. The van der Waals surface area contributed by atoms with E-state index in [9.17, 15) is 4.79 Å². The second kappa shape index (κ2) is 6.96. The fourth-order valence-electron chi connectivity index (χ4n) is 2.72. The molecule has 1 heterocycles. The van der Waals surface area contributed by atoms with Crippen molar-refractivity contribution < 1.29 is 14.3 Å². The molecule has 124 valence electrons. The van der Waals surface area contributed by atoms with Crippen LogP contribution in [0.2, 0.25) is 0 Å². The molecule has 0 unspecified atom stereocenters. The minimum absolute atomic E-state index is 0.163. The van der Waals surface area contributed by atoms with Crippen LogP contribution in [0.1, 0.15) is 27.2 Å². The van der Waals surface area contributed by atoms with Gasteiger partial charge in [0.1, 0.15) is 16.9 Å². The Balaban J connectivity index is 2.37. The lowest BCUT2D eigenvalue weighted by atomic mass is 9.93. The van der Waals surface area contributed by atoms with Crippen LogP contribution in [0.15, 0.2) is 30.5 Å². The van der Waals surface area contributed by atoms with Gasteiger partial charge in [0.05, 0.1) is 12.8 Å². The second-order valence-corrected chi connectivity index (χ2v) is 6.20. The van der Waals surface area contributed by atoms with Gasteiger partial charge in [0.2, 0.25) is 0 Å². The monoisotopic (exact) mass is 316 g/mol. The maximum Gasteiger partial charge on any atom is 0.256 e. The number of nitrogens with one attached hydrogen (secondary N) is 1. The van der Waals surface area contributed by atoms with E-state index in [0.29, 0.717) is 23.8 Å². The van der Waals surface area contributed by atoms with Crippen LogP contribution >= 0.6 is 0 Å². The number of aromatic nitrogens is 1. The predicted octanol–water partition coefficient (Wildman–Crippen LogP) is 3.63. The van der Waals surface area contributed by atoms with Gasteiger partial charge in [0.25, 0.3) is 5.91 Å². The molecule has 0 spiro atoms. The highest BCUT2D eigenvalue weighted by Crippen LogP contribution is 2.31. The molecule has 2 rings (SSSR count). The maximum absolute atomic E-state index is 12.7. The van der Waals surface area contributed by atoms with Crippen LogP contribution in [0.4, 0.5) is 5.69 Å². The third kappa shape index (κ3) is 3.62. The zero-order valence-corrected chi connectivity index (χ0v) is 14.3. The average Bonchev–Trinajstić information content (AvgIpc) is 2.54. The molecule has 1 amide bonds. The molecule has 0 bridgehead atoms. The topological polar surface area (TPSA) is 60.5 Å². The molecule has 0 aliphatic heterocycles. The van der Waals surface area contributed by atoms with Crippen molar-refractivity contribution in [1.29, 1.82) is 0 Å². The van der Waals surface area contributed by atoms with Gasteiger partial charge in [-0.2, -0.15) is 0 Å². The van der Waals surface area contributed by atoms with E-state index in [-0.39, 0.29) is 5.91 Å². The van der Waals surface area contributed by atoms with Gasteiger partial charge in [-0.25, -0.2) is 0 Å². The van der Waals surface area contributed by atoms with E-state index < -0.39 is 5.60 Å². The van der Waals surface area contributed by atoms with E-state index in [2.05, 4.69) is 24.1 Å². The van der Waals surface area contributed by atoms with Crippen LogP contribution in [0, 0.1) is 5.92 Å². The van der Waals surface area contributed by atoms with E-state index in [1.165, 1.54) is 0 Å². The Morgan fingerprint density at radius 3 is 2.65 bits per heavy atom. The summed E-state index contributed by atoms with van der Waals surface area (Å²) in [5, 5.41) is 3.81. The summed E-state index contributed by atoms with van der Waals surface area (Å²) < 4.78 is 10.8. The first-order valence-electron chi connectivity index (χ1n) is 7.69. The van der Waals surface area contributed by atoms with Crippen LogP contribution in [0.5, 0.6) is 5.75 Å². The van der Waals surface area contributed by atoms with E-state index in [1.807, 2.05) is 25.1 Å². The van der Waals surface area contributed by atoms with Gasteiger partial charge >= 0.3 is 0 Å². The minimum Gasteiger partial charge on any atom is -0.494 e. The van der Waals surface area contributed by atoms with Crippen LogP contribution in [0.25, 0.3) is 10.9 Å². The number of pyridine rings is 1. The van der Waals surface area contributed by atoms with E-state index in [4.69, 9.17) is 9.47 Å². The first kappa shape index (κ1) is 17.2.